The van der Waals surface area contributed by atoms with E-state index in [2.05, 4.69) is 19.3 Å². The molecule has 11 heteroatoms. The zero-order valence-electron chi connectivity index (χ0n) is 17.7. The number of ether oxygens (including phenoxy) is 2. The number of methoxy groups -OCH3 is 1. The van der Waals surface area contributed by atoms with Crippen LogP contribution < -0.4 is 19.7 Å². The predicted molar refractivity (Wildman–Crippen MR) is 114 cm³/mol. The second-order valence-electron chi connectivity index (χ2n) is 7.16. The summed E-state index contributed by atoms with van der Waals surface area (Å²) in [6, 6.07) is 7.90. The zero-order chi connectivity index (χ0) is 23.2. The first-order valence-corrected chi connectivity index (χ1v) is 10.9. The molecule has 0 fully saturated rings. The number of carbonyl (C=O) groups is 1. The van der Waals surface area contributed by atoms with Crippen LogP contribution in [0.3, 0.4) is 0 Å². The van der Waals surface area contributed by atoms with Gasteiger partial charge >= 0.3 is 0 Å². The smallest absolute Gasteiger partial charge is 0.273 e. The van der Waals surface area contributed by atoms with E-state index >= 15 is 0 Å². The number of nitrogens with zero attached hydrogens (tertiary/aromatic N) is 1. The summed E-state index contributed by atoms with van der Waals surface area (Å²) in [7, 11) is -2.79. The van der Waals surface area contributed by atoms with Crippen LogP contribution in [0.4, 0.5) is 5.69 Å². The highest BCUT2D eigenvalue weighted by Gasteiger charge is 2.21. The molecule has 0 atom stereocenters. The normalized spacial score (nSPS) is 11.3. The van der Waals surface area contributed by atoms with Gasteiger partial charge in [0.15, 0.2) is 11.5 Å². The SMILES string of the molecule is COc1cc(C(=O)NNS(=O)(=O)c2ccc(C)c([N+](=O)[O-])c2)ccc1OCCC(C)C. The Balaban J connectivity index is 2.11. The average molecular weight is 452 g/mol. The van der Waals surface area contributed by atoms with Crippen molar-refractivity contribution in [2.45, 2.75) is 32.1 Å². The fraction of sp³-hybridized carbons (Fsp3) is 0.350. The van der Waals surface area contributed by atoms with Crippen molar-refractivity contribution in [2.24, 2.45) is 5.92 Å². The molecule has 10 nitrogen and oxygen atoms in total. The van der Waals surface area contributed by atoms with Crippen molar-refractivity contribution in [3.05, 3.63) is 57.6 Å². The minimum Gasteiger partial charge on any atom is -0.493 e. The minimum atomic E-state index is -4.22. The summed E-state index contributed by atoms with van der Waals surface area (Å²) in [5.41, 5.74) is 2.19. The maximum Gasteiger partial charge on any atom is 0.273 e. The Morgan fingerprint density at radius 2 is 1.87 bits per heavy atom. The van der Waals surface area contributed by atoms with Gasteiger partial charge in [0.25, 0.3) is 21.6 Å². The van der Waals surface area contributed by atoms with E-state index in [1.54, 1.807) is 6.07 Å². The molecule has 0 unspecified atom stereocenters. The lowest BCUT2D eigenvalue weighted by Gasteiger charge is -2.13. The van der Waals surface area contributed by atoms with Gasteiger partial charge in [0.2, 0.25) is 0 Å². The fourth-order valence-corrected chi connectivity index (χ4v) is 3.39. The summed E-state index contributed by atoms with van der Waals surface area (Å²) in [5.74, 6) is 0.525. The number of nitro groups is 1. The van der Waals surface area contributed by atoms with Crippen LogP contribution in [0.15, 0.2) is 41.3 Å². The summed E-state index contributed by atoms with van der Waals surface area (Å²) in [5, 5.41) is 11.0. The standard InChI is InChI=1S/C20H25N3O7S/c1-13(2)9-10-30-18-8-6-15(11-19(18)29-4)20(24)21-22-31(27,28)16-7-5-14(3)17(12-16)23(25)26/h5-8,11-13,22H,9-10H2,1-4H3,(H,21,24). The number of nitrogens with one attached hydrogen (secondary N) is 2. The van der Waals surface area contributed by atoms with E-state index in [9.17, 15) is 23.3 Å². The van der Waals surface area contributed by atoms with E-state index in [0.717, 1.165) is 12.5 Å². The van der Waals surface area contributed by atoms with Gasteiger partial charge in [-0.3, -0.25) is 20.3 Å². The van der Waals surface area contributed by atoms with Crippen LogP contribution in [0, 0.1) is 23.0 Å². The molecule has 0 saturated heterocycles. The van der Waals surface area contributed by atoms with Crippen LogP contribution in [-0.2, 0) is 10.0 Å². The van der Waals surface area contributed by atoms with Gasteiger partial charge < -0.3 is 9.47 Å². The Hall–Kier alpha value is -3.18. The lowest BCUT2D eigenvalue weighted by molar-refractivity contribution is -0.385. The van der Waals surface area contributed by atoms with Crippen molar-refractivity contribution in [1.82, 2.24) is 10.3 Å². The lowest BCUT2D eigenvalue weighted by atomic mass is 10.1. The molecule has 0 aliphatic rings. The molecular formula is C20H25N3O7S. The first kappa shape index (κ1) is 24.1. The average Bonchev–Trinajstić information content (AvgIpc) is 2.71. The van der Waals surface area contributed by atoms with Crippen LogP contribution in [0.25, 0.3) is 0 Å². The Morgan fingerprint density at radius 3 is 2.48 bits per heavy atom. The van der Waals surface area contributed by atoms with Gasteiger partial charge in [-0.25, -0.2) is 8.42 Å². The molecule has 0 aliphatic carbocycles. The second-order valence-corrected chi connectivity index (χ2v) is 8.84. The number of carbonyl (C=O) groups excluding carboxylic acids is 1. The minimum absolute atomic E-state index is 0.130. The van der Waals surface area contributed by atoms with Crippen LogP contribution in [-0.4, -0.2) is 33.0 Å². The number of amides is 1. The van der Waals surface area contributed by atoms with E-state index in [1.165, 1.54) is 38.3 Å². The van der Waals surface area contributed by atoms with E-state index < -0.39 is 20.9 Å². The van der Waals surface area contributed by atoms with Crippen LogP contribution in [0.2, 0.25) is 0 Å². The van der Waals surface area contributed by atoms with Crippen molar-refractivity contribution in [3.63, 3.8) is 0 Å². The molecular weight excluding hydrogens is 426 g/mol. The molecule has 2 rings (SSSR count). The number of sulfonamides is 1. The largest absolute Gasteiger partial charge is 0.493 e. The second kappa shape index (κ2) is 10.2. The summed E-state index contributed by atoms with van der Waals surface area (Å²) in [6.07, 6.45) is 0.852. The molecule has 1 amide bonds. The first-order valence-electron chi connectivity index (χ1n) is 9.43. The van der Waals surface area contributed by atoms with Gasteiger partial charge in [0.1, 0.15) is 0 Å². The van der Waals surface area contributed by atoms with Gasteiger partial charge in [0.05, 0.1) is 23.5 Å². The van der Waals surface area contributed by atoms with Gasteiger partial charge in [-0.15, -0.1) is 4.83 Å². The molecule has 168 valence electrons. The van der Waals surface area contributed by atoms with Crippen molar-refractivity contribution < 1.29 is 27.6 Å². The summed E-state index contributed by atoms with van der Waals surface area (Å²) in [4.78, 5) is 24.3. The predicted octanol–water partition coefficient (Wildman–Crippen LogP) is 2.96. The fourth-order valence-electron chi connectivity index (χ4n) is 2.53. The molecule has 0 radical (unpaired) electrons. The third-order valence-electron chi connectivity index (χ3n) is 4.37. The molecule has 2 aromatic carbocycles. The Bertz CT molecular complexity index is 1070. The number of hydrogen-bond acceptors (Lipinski definition) is 7. The molecule has 2 N–H and O–H groups in total. The van der Waals surface area contributed by atoms with Gasteiger partial charge in [-0.1, -0.05) is 19.9 Å². The Labute approximate surface area is 180 Å². The maximum atomic E-state index is 12.4. The molecule has 2 aromatic rings. The third-order valence-corrected chi connectivity index (χ3v) is 5.61. The van der Waals surface area contributed by atoms with E-state index in [1.807, 2.05) is 4.83 Å². The van der Waals surface area contributed by atoms with Crippen LogP contribution >= 0.6 is 0 Å². The van der Waals surface area contributed by atoms with Gasteiger partial charge in [-0.05, 0) is 43.5 Å². The lowest BCUT2D eigenvalue weighted by Crippen LogP contribution is -2.41. The van der Waals surface area contributed by atoms with Crippen molar-refractivity contribution in [3.8, 4) is 11.5 Å². The number of benzene rings is 2. The molecule has 0 aromatic heterocycles. The number of nitro benzene ring substituents is 1. The number of hydrogen-bond donors (Lipinski definition) is 2. The molecule has 0 spiro atoms. The zero-order valence-corrected chi connectivity index (χ0v) is 18.5. The van der Waals surface area contributed by atoms with E-state index in [-0.39, 0.29) is 16.1 Å². The molecule has 0 bridgehead atoms. The van der Waals surface area contributed by atoms with Gasteiger partial charge in [-0.2, -0.15) is 0 Å². The summed E-state index contributed by atoms with van der Waals surface area (Å²) in [6.45, 7) is 6.13. The highest BCUT2D eigenvalue weighted by Crippen LogP contribution is 2.28. The number of rotatable bonds is 10. The molecule has 0 aliphatic heterocycles. The number of hydrazine groups is 1. The van der Waals surface area contributed by atoms with Crippen LogP contribution in [0.1, 0.15) is 36.2 Å². The van der Waals surface area contributed by atoms with E-state index in [4.69, 9.17) is 9.47 Å². The Morgan fingerprint density at radius 1 is 1.16 bits per heavy atom. The quantitative estimate of drug-likeness (QED) is 0.418. The third kappa shape index (κ3) is 6.40. The van der Waals surface area contributed by atoms with E-state index in [0.29, 0.717) is 29.6 Å². The van der Waals surface area contributed by atoms with Crippen molar-refractivity contribution >= 4 is 21.6 Å². The summed E-state index contributed by atoms with van der Waals surface area (Å²) < 4.78 is 35.7. The van der Waals surface area contributed by atoms with Crippen molar-refractivity contribution in [1.29, 1.82) is 0 Å². The van der Waals surface area contributed by atoms with Crippen molar-refractivity contribution in [2.75, 3.05) is 13.7 Å². The topological polar surface area (TPSA) is 137 Å². The maximum absolute atomic E-state index is 12.4. The Kier molecular flexibility index (Phi) is 7.95. The highest BCUT2D eigenvalue weighted by atomic mass is 32.2. The highest BCUT2D eigenvalue weighted by molar-refractivity contribution is 7.89. The summed E-state index contributed by atoms with van der Waals surface area (Å²) >= 11 is 0. The first-order chi connectivity index (χ1) is 14.5. The number of aryl methyl sites for hydroxylation is 1. The van der Waals surface area contributed by atoms with Crippen LogP contribution in [0.5, 0.6) is 11.5 Å². The molecule has 0 heterocycles. The van der Waals surface area contributed by atoms with Gasteiger partial charge in [0, 0.05) is 17.2 Å². The molecule has 0 saturated carbocycles. The monoisotopic (exact) mass is 451 g/mol. The molecule has 31 heavy (non-hydrogen) atoms.